The molecule has 0 radical (unpaired) electrons. The first kappa shape index (κ1) is 11.2. The van der Waals surface area contributed by atoms with E-state index in [1.807, 2.05) is 37.3 Å². The summed E-state index contributed by atoms with van der Waals surface area (Å²) in [6.07, 6.45) is 1.69. The quantitative estimate of drug-likeness (QED) is 0.787. The normalized spacial score (nSPS) is 9.71. The van der Waals surface area contributed by atoms with Crippen LogP contribution in [0.15, 0.2) is 36.5 Å². The Kier molecular flexibility index (Phi) is 3.06. The zero-order valence-corrected chi connectivity index (χ0v) is 9.77. The van der Waals surface area contributed by atoms with E-state index in [4.69, 9.17) is 10.00 Å². The molecule has 1 heterocycles. The van der Waals surface area contributed by atoms with Gasteiger partial charge in [-0.05, 0) is 31.2 Å². The third-order valence-electron chi connectivity index (χ3n) is 2.54. The Morgan fingerprint density at radius 2 is 2.06 bits per heavy atom. The van der Waals surface area contributed by atoms with Crippen molar-refractivity contribution in [3.8, 4) is 22.9 Å². The first-order chi connectivity index (χ1) is 8.24. The van der Waals surface area contributed by atoms with Crippen molar-refractivity contribution in [2.45, 2.75) is 6.92 Å². The van der Waals surface area contributed by atoms with Crippen LogP contribution in [-0.2, 0) is 0 Å². The number of nitrogens with zero attached hydrogens (tertiary/aromatic N) is 2. The van der Waals surface area contributed by atoms with Gasteiger partial charge in [-0.25, -0.2) is 4.98 Å². The fourth-order valence-electron chi connectivity index (χ4n) is 1.67. The first-order valence-corrected chi connectivity index (χ1v) is 5.26. The molecule has 0 aliphatic rings. The summed E-state index contributed by atoms with van der Waals surface area (Å²) in [5.74, 6) is 0.808. The van der Waals surface area contributed by atoms with Gasteiger partial charge < -0.3 is 4.74 Å². The van der Waals surface area contributed by atoms with Gasteiger partial charge in [0.15, 0.2) is 0 Å². The lowest BCUT2D eigenvalue weighted by Crippen LogP contribution is -1.90. The molecule has 0 fully saturated rings. The standard InChI is InChI=1S/C14H12N2O/c1-10-3-6-14(17-2)13(7-10)11-4-5-12(8-15)16-9-11/h3-7,9H,1-2H3. The maximum Gasteiger partial charge on any atom is 0.140 e. The van der Waals surface area contributed by atoms with E-state index in [0.29, 0.717) is 5.69 Å². The second kappa shape index (κ2) is 4.67. The summed E-state index contributed by atoms with van der Waals surface area (Å²) in [5.41, 5.74) is 3.51. The Morgan fingerprint density at radius 3 is 2.65 bits per heavy atom. The topological polar surface area (TPSA) is 45.9 Å². The van der Waals surface area contributed by atoms with Gasteiger partial charge in [0.25, 0.3) is 0 Å². The molecule has 2 aromatic rings. The lowest BCUT2D eigenvalue weighted by atomic mass is 10.0. The minimum absolute atomic E-state index is 0.417. The number of ether oxygens (including phenoxy) is 1. The first-order valence-electron chi connectivity index (χ1n) is 5.26. The maximum absolute atomic E-state index is 8.71. The number of methoxy groups -OCH3 is 1. The van der Waals surface area contributed by atoms with Crippen LogP contribution in [0.2, 0.25) is 0 Å². The molecule has 17 heavy (non-hydrogen) atoms. The highest BCUT2D eigenvalue weighted by Gasteiger charge is 2.06. The van der Waals surface area contributed by atoms with Gasteiger partial charge in [0.1, 0.15) is 17.5 Å². The average molecular weight is 224 g/mol. The van der Waals surface area contributed by atoms with Crippen LogP contribution >= 0.6 is 0 Å². The highest BCUT2D eigenvalue weighted by molar-refractivity contribution is 5.70. The molecule has 0 aliphatic carbocycles. The molecular formula is C14H12N2O. The molecule has 0 aliphatic heterocycles. The number of aryl methyl sites for hydroxylation is 1. The molecule has 84 valence electrons. The molecule has 0 saturated carbocycles. The van der Waals surface area contributed by atoms with Crippen molar-refractivity contribution in [3.63, 3.8) is 0 Å². The molecule has 0 spiro atoms. The van der Waals surface area contributed by atoms with E-state index in [-0.39, 0.29) is 0 Å². The molecule has 2 rings (SSSR count). The number of nitriles is 1. The van der Waals surface area contributed by atoms with Gasteiger partial charge in [0.05, 0.1) is 7.11 Å². The Balaban J connectivity index is 2.51. The van der Waals surface area contributed by atoms with E-state index in [1.54, 1.807) is 19.4 Å². The lowest BCUT2D eigenvalue weighted by molar-refractivity contribution is 0.416. The number of hydrogen-bond donors (Lipinski definition) is 0. The van der Waals surface area contributed by atoms with Crippen molar-refractivity contribution in [1.29, 1.82) is 5.26 Å². The van der Waals surface area contributed by atoms with Crippen molar-refractivity contribution >= 4 is 0 Å². The second-order valence-electron chi connectivity index (χ2n) is 3.75. The number of benzene rings is 1. The molecule has 0 unspecified atom stereocenters. The number of rotatable bonds is 2. The fraction of sp³-hybridized carbons (Fsp3) is 0.143. The van der Waals surface area contributed by atoms with Crippen molar-refractivity contribution in [2.24, 2.45) is 0 Å². The van der Waals surface area contributed by atoms with Crippen LogP contribution in [0.4, 0.5) is 0 Å². The third kappa shape index (κ3) is 2.26. The van der Waals surface area contributed by atoms with E-state index < -0.39 is 0 Å². The van der Waals surface area contributed by atoms with Crippen molar-refractivity contribution < 1.29 is 4.74 Å². The van der Waals surface area contributed by atoms with Crippen LogP contribution in [0.1, 0.15) is 11.3 Å². The summed E-state index contributed by atoms with van der Waals surface area (Å²) in [6.45, 7) is 2.03. The zero-order chi connectivity index (χ0) is 12.3. The van der Waals surface area contributed by atoms with Gasteiger partial charge in [-0.2, -0.15) is 5.26 Å². The van der Waals surface area contributed by atoms with Crippen molar-refractivity contribution in [2.75, 3.05) is 7.11 Å². The average Bonchev–Trinajstić information content (AvgIpc) is 2.39. The number of pyridine rings is 1. The van der Waals surface area contributed by atoms with E-state index >= 15 is 0 Å². The maximum atomic E-state index is 8.71. The zero-order valence-electron chi connectivity index (χ0n) is 9.77. The summed E-state index contributed by atoms with van der Waals surface area (Å²) in [6, 6.07) is 11.6. The SMILES string of the molecule is COc1ccc(C)cc1-c1ccc(C#N)nc1. The summed E-state index contributed by atoms with van der Waals surface area (Å²) in [4.78, 5) is 4.06. The van der Waals surface area contributed by atoms with E-state index in [2.05, 4.69) is 4.98 Å². The Hall–Kier alpha value is -2.34. The van der Waals surface area contributed by atoms with Crippen LogP contribution < -0.4 is 4.74 Å². The van der Waals surface area contributed by atoms with E-state index in [1.165, 1.54) is 0 Å². The smallest absolute Gasteiger partial charge is 0.140 e. The molecule has 0 saturated heterocycles. The largest absolute Gasteiger partial charge is 0.496 e. The molecular weight excluding hydrogens is 212 g/mol. The van der Waals surface area contributed by atoms with Crippen LogP contribution in [-0.4, -0.2) is 12.1 Å². The fourth-order valence-corrected chi connectivity index (χ4v) is 1.67. The van der Waals surface area contributed by atoms with Crippen LogP contribution in [0.3, 0.4) is 0 Å². The summed E-state index contributed by atoms with van der Waals surface area (Å²) >= 11 is 0. The molecule has 1 aromatic heterocycles. The van der Waals surface area contributed by atoms with Crippen LogP contribution in [0.25, 0.3) is 11.1 Å². The number of hydrogen-bond acceptors (Lipinski definition) is 3. The molecule has 3 nitrogen and oxygen atoms in total. The third-order valence-corrected chi connectivity index (χ3v) is 2.54. The second-order valence-corrected chi connectivity index (χ2v) is 3.75. The van der Waals surface area contributed by atoms with Crippen LogP contribution in [0.5, 0.6) is 5.75 Å². The summed E-state index contributed by atoms with van der Waals surface area (Å²) < 4.78 is 5.32. The predicted octanol–water partition coefficient (Wildman–Crippen LogP) is 2.94. The van der Waals surface area contributed by atoms with Gasteiger partial charge in [-0.15, -0.1) is 0 Å². The van der Waals surface area contributed by atoms with Gasteiger partial charge >= 0.3 is 0 Å². The molecule has 0 amide bonds. The van der Waals surface area contributed by atoms with Gasteiger partial charge in [0.2, 0.25) is 0 Å². The van der Waals surface area contributed by atoms with Gasteiger partial charge in [0, 0.05) is 17.3 Å². The van der Waals surface area contributed by atoms with E-state index in [0.717, 1.165) is 22.4 Å². The van der Waals surface area contributed by atoms with Crippen molar-refractivity contribution in [1.82, 2.24) is 4.98 Å². The van der Waals surface area contributed by atoms with E-state index in [9.17, 15) is 0 Å². The number of aromatic nitrogens is 1. The Morgan fingerprint density at radius 1 is 1.24 bits per heavy atom. The Labute approximate surface area is 100 Å². The van der Waals surface area contributed by atoms with Crippen molar-refractivity contribution in [3.05, 3.63) is 47.8 Å². The Bertz CT molecular complexity index is 568. The van der Waals surface area contributed by atoms with Gasteiger partial charge in [-0.1, -0.05) is 11.6 Å². The highest BCUT2D eigenvalue weighted by Crippen LogP contribution is 2.30. The molecule has 0 atom stereocenters. The lowest BCUT2D eigenvalue weighted by Gasteiger charge is -2.09. The summed E-state index contributed by atoms with van der Waals surface area (Å²) in [5, 5.41) is 8.71. The molecule has 1 aromatic carbocycles. The minimum atomic E-state index is 0.417. The monoisotopic (exact) mass is 224 g/mol. The molecule has 0 bridgehead atoms. The molecule has 3 heteroatoms. The van der Waals surface area contributed by atoms with Gasteiger partial charge in [-0.3, -0.25) is 0 Å². The highest BCUT2D eigenvalue weighted by atomic mass is 16.5. The van der Waals surface area contributed by atoms with Crippen LogP contribution in [0, 0.1) is 18.3 Å². The minimum Gasteiger partial charge on any atom is -0.496 e. The molecule has 0 N–H and O–H groups in total. The summed E-state index contributed by atoms with van der Waals surface area (Å²) in [7, 11) is 1.64. The predicted molar refractivity (Wildman–Crippen MR) is 65.7 cm³/mol.